The molecule has 1 heterocycles. The van der Waals surface area contributed by atoms with Crippen molar-refractivity contribution in [1.82, 2.24) is 4.98 Å². The lowest BCUT2D eigenvalue weighted by Crippen LogP contribution is -1.99. The molecule has 0 fully saturated rings. The van der Waals surface area contributed by atoms with Gasteiger partial charge in [-0.25, -0.2) is 0 Å². The Morgan fingerprint density at radius 1 is 1.21 bits per heavy atom. The number of hydrogen-bond acceptors (Lipinski definition) is 6. The number of pyridine rings is 1. The molecule has 0 aliphatic carbocycles. The first kappa shape index (κ1) is 17.3. The number of aryl methyl sites for hydroxylation is 1. The van der Waals surface area contributed by atoms with Crippen LogP contribution in [-0.4, -0.2) is 25.4 Å². The highest BCUT2D eigenvalue weighted by atomic mass is 16.6. The summed E-state index contributed by atoms with van der Waals surface area (Å²) in [4.78, 5) is 9.72. The quantitative estimate of drug-likeness (QED) is 0.577. The minimum absolute atomic E-state index is 0.197. The van der Waals surface area contributed by atoms with Crippen LogP contribution >= 0.6 is 0 Å². The molecule has 1 aromatic carbocycles. The molecule has 2 aromatic rings. The van der Waals surface area contributed by atoms with Crippen molar-refractivity contribution in [3.8, 4) is 17.6 Å². The summed E-state index contributed by atoms with van der Waals surface area (Å²) in [6, 6.07) is 11.0. The van der Waals surface area contributed by atoms with Crippen molar-refractivity contribution in [2.24, 2.45) is 5.16 Å². The summed E-state index contributed by atoms with van der Waals surface area (Å²) < 4.78 is 10.6. The zero-order valence-corrected chi connectivity index (χ0v) is 13.9. The summed E-state index contributed by atoms with van der Waals surface area (Å²) >= 11 is 0. The maximum atomic E-state index is 9.04. The molecule has 0 unspecified atom stereocenters. The van der Waals surface area contributed by atoms with E-state index in [-0.39, 0.29) is 6.61 Å². The van der Waals surface area contributed by atoms with E-state index >= 15 is 0 Å². The fraction of sp³-hybridized carbons (Fsp3) is 0.278. The van der Waals surface area contributed by atoms with Gasteiger partial charge in [-0.15, -0.1) is 0 Å². The standard InChI is InChI=1S/C18H19N3O3/c1-4-14-8-13(10-19)9-15(21-14)11-20-24-12-16-17(22-2)6-5-7-18(16)23-3/h5-9,11H,4,12H2,1-3H3. The molecule has 6 nitrogen and oxygen atoms in total. The number of hydrogen-bond donors (Lipinski definition) is 0. The van der Waals surface area contributed by atoms with Crippen molar-refractivity contribution in [3.05, 3.63) is 52.8 Å². The molecular weight excluding hydrogens is 306 g/mol. The van der Waals surface area contributed by atoms with Crippen LogP contribution in [0.2, 0.25) is 0 Å². The number of aromatic nitrogens is 1. The Bertz CT molecular complexity index is 744. The lowest BCUT2D eigenvalue weighted by molar-refractivity contribution is 0.127. The van der Waals surface area contributed by atoms with Crippen molar-refractivity contribution in [2.45, 2.75) is 20.0 Å². The summed E-state index contributed by atoms with van der Waals surface area (Å²) in [5.41, 5.74) is 2.74. The second-order valence-corrected chi connectivity index (χ2v) is 4.89. The van der Waals surface area contributed by atoms with Gasteiger partial charge in [-0.05, 0) is 30.7 Å². The normalized spacial score (nSPS) is 10.4. The molecule has 0 radical (unpaired) electrons. The van der Waals surface area contributed by atoms with E-state index in [4.69, 9.17) is 19.6 Å². The number of rotatable bonds is 7. The number of nitriles is 1. The van der Waals surface area contributed by atoms with Crippen LogP contribution in [0.4, 0.5) is 0 Å². The summed E-state index contributed by atoms with van der Waals surface area (Å²) in [6.07, 6.45) is 2.23. The van der Waals surface area contributed by atoms with E-state index in [9.17, 15) is 0 Å². The Morgan fingerprint density at radius 2 is 1.92 bits per heavy atom. The minimum Gasteiger partial charge on any atom is -0.496 e. The molecule has 0 saturated heterocycles. The lowest BCUT2D eigenvalue weighted by atomic mass is 10.2. The first-order valence-corrected chi connectivity index (χ1v) is 7.48. The monoisotopic (exact) mass is 325 g/mol. The fourth-order valence-corrected chi connectivity index (χ4v) is 2.19. The molecule has 124 valence electrons. The van der Waals surface area contributed by atoms with Gasteiger partial charge in [0.15, 0.2) is 0 Å². The highest BCUT2D eigenvalue weighted by Gasteiger charge is 2.10. The van der Waals surface area contributed by atoms with Gasteiger partial charge in [0.25, 0.3) is 0 Å². The van der Waals surface area contributed by atoms with Gasteiger partial charge in [0, 0.05) is 5.69 Å². The van der Waals surface area contributed by atoms with Gasteiger partial charge in [-0.2, -0.15) is 5.26 Å². The number of nitrogens with zero attached hydrogens (tertiary/aromatic N) is 3. The van der Waals surface area contributed by atoms with Crippen molar-refractivity contribution in [1.29, 1.82) is 5.26 Å². The van der Waals surface area contributed by atoms with Crippen LogP contribution in [0, 0.1) is 11.3 Å². The Morgan fingerprint density at radius 3 is 2.50 bits per heavy atom. The molecule has 0 bridgehead atoms. The number of methoxy groups -OCH3 is 2. The molecule has 1 aromatic heterocycles. The van der Waals surface area contributed by atoms with E-state index in [0.29, 0.717) is 22.8 Å². The lowest BCUT2D eigenvalue weighted by Gasteiger charge is -2.11. The van der Waals surface area contributed by atoms with Crippen molar-refractivity contribution in [2.75, 3.05) is 14.2 Å². The largest absolute Gasteiger partial charge is 0.496 e. The molecule has 0 atom stereocenters. The Kier molecular flexibility index (Phi) is 6.15. The van der Waals surface area contributed by atoms with Gasteiger partial charge in [-0.3, -0.25) is 4.98 Å². The van der Waals surface area contributed by atoms with Gasteiger partial charge in [0.1, 0.15) is 18.1 Å². The predicted octanol–water partition coefficient (Wildman–Crippen LogP) is 3.08. The third-order valence-corrected chi connectivity index (χ3v) is 3.39. The van der Waals surface area contributed by atoms with Crippen LogP contribution in [-0.2, 0) is 17.9 Å². The summed E-state index contributed by atoms with van der Waals surface area (Å²) in [7, 11) is 3.18. The highest BCUT2D eigenvalue weighted by molar-refractivity contribution is 5.77. The SMILES string of the molecule is CCc1cc(C#N)cc(C=NOCc2c(OC)cccc2OC)n1. The number of oxime groups is 1. The van der Waals surface area contributed by atoms with E-state index in [2.05, 4.69) is 16.2 Å². The van der Waals surface area contributed by atoms with Crippen LogP contribution in [0.15, 0.2) is 35.5 Å². The zero-order valence-electron chi connectivity index (χ0n) is 13.9. The third kappa shape index (κ3) is 4.23. The third-order valence-electron chi connectivity index (χ3n) is 3.39. The van der Waals surface area contributed by atoms with Crippen LogP contribution < -0.4 is 9.47 Å². The fourth-order valence-electron chi connectivity index (χ4n) is 2.19. The van der Waals surface area contributed by atoms with Crippen LogP contribution in [0.1, 0.15) is 29.4 Å². The highest BCUT2D eigenvalue weighted by Crippen LogP contribution is 2.28. The van der Waals surface area contributed by atoms with Crippen LogP contribution in [0.25, 0.3) is 0 Å². The Hall–Kier alpha value is -3.07. The average molecular weight is 325 g/mol. The minimum atomic E-state index is 0.197. The van der Waals surface area contributed by atoms with E-state index in [1.807, 2.05) is 25.1 Å². The van der Waals surface area contributed by atoms with Gasteiger partial charge in [0.05, 0.1) is 43.3 Å². The van der Waals surface area contributed by atoms with Crippen molar-refractivity contribution >= 4 is 6.21 Å². The van der Waals surface area contributed by atoms with Crippen molar-refractivity contribution < 1.29 is 14.3 Å². The Balaban J connectivity index is 2.10. The zero-order chi connectivity index (χ0) is 17.4. The molecule has 0 saturated carbocycles. The maximum absolute atomic E-state index is 9.04. The van der Waals surface area contributed by atoms with Gasteiger partial charge >= 0.3 is 0 Å². The van der Waals surface area contributed by atoms with E-state index in [0.717, 1.165) is 17.7 Å². The number of benzene rings is 1. The molecule has 6 heteroatoms. The summed E-state index contributed by atoms with van der Waals surface area (Å²) in [5.74, 6) is 1.34. The molecule has 0 spiro atoms. The second kappa shape index (κ2) is 8.53. The van der Waals surface area contributed by atoms with E-state index in [1.54, 1.807) is 26.4 Å². The topological polar surface area (TPSA) is 76.7 Å². The smallest absolute Gasteiger partial charge is 0.149 e. The van der Waals surface area contributed by atoms with Crippen LogP contribution in [0.3, 0.4) is 0 Å². The predicted molar refractivity (Wildman–Crippen MR) is 90.3 cm³/mol. The molecule has 0 amide bonds. The summed E-state index contributed by atoms with van der Waals surface area (Å²) in [5, 5.41) is 13.0. The van der Waals surface area contributed by atoms with E-state index < -0.39 is 0 Å². The first-order valence-electron chi connectivity index (χ1n) is 7.48. The van der Waals surface area contributed by atoms with Crippen LogP contribution in [0.5, 0.6) is 11.5 Å². The molecule has 0 aliphatic heterocycles. The molecule has 0 N–H and O–H groups in total. The first-order chi connectivity index (χ1) is 11.7. The second-order valence-electron chi connectivity index (χ2n) is 4.89. The average Bonchev–Trinajstić information content (AvgIpc) is 2.64. The van der Waals surface area contributed by atoms with E-state index in [1.165, 1.54) is 6.21 Å². The van der Waals surface area contributed by atoms with Gasteiger partial charge < -0.3 is 14.3 Å². The molecule has 2 rings (SSSR count). The van der Waals surface area contributed by atoms with Gasteiger partial charge in [0.2, 0.25) is 0 Å². The van der Waals surface area contributed by atoms with Gasteiger partial charge in [-0.1, -0.05) is 18.1 Å². The molecule has 24 heavy (non-hydrogen) atoms. The maximum Gasteiger partial charge on any atom is 0.149 e. The summed E-state index contributed by atoms with van der Waals surface area (Å²) in [6.45, 7) is 2.18. The molecule has 0 aliphatic rings. The van der Waals surface area contributed by atoms with Crippen molar-refractivity contribution in [3.63, 3.8) is 0 Å². The number of ether oxygens (including phenoxy) is 2. The molecular formula is C18H19N3O3. The Labute approximate surface area is 141 Å².